The Morgan fingerprint density at radius 1 is 1.21 bits per heavy atom. The third-order valence-electron chi connectivity index (χ3n) is 5.88. The van der Waals surface area contributed by atoms with Gasteiger partial charge < -0.3 is 20.1 Å². The topological polar surface area (TPSA) is 134 Å². The van der Waals surface area contributed by atoms with Crippen LogP contribution in [-0.2, 0) is 11.0 Å². The summed E-state index contributed by atoms with van der Waals surface area (Å²) in [6.45, 7) is 2.77. The van der Waals surface area contributed by atoms with Gasteiger partial charge in [-0.2, -0.15) is 13.2 Å². The number of amides is 1. The molecule has 0 aliphatic carbocycles. The molecule has 198 valence electrons. The lowest BCUT2D eigenvalue weighted by atomic mass is 9.99. The molecule has 38 heavy (non-hydrogen) atoms. The van der Waals surface area contributed by atoms with E-state index in [0.29, 0.717) is 23.1 Å². The van der Waals surface area contributed by atoms with Crippen molar-refractivity contribution in [2.75, 3.05) is 11.9 Å². The van der Waals surface area contributed by atoms with Gasteiger partial charge in [0.1, 0.15) is 16.4 Å². The lowest BCUT2D eigenvalue weighted by molar-refractivity contribution is -0.140. The summed E-state index contributed by atoms with van der Waals surface area (Å²) in [6, 6.07) is 5.50. The number of pyridine rings is 2. The highest BCUT2D eigenvalue weighted by molar-refractivity contribution is 7.13. The molecular formula is C25H21F3N4O5S. The van der Waals surface area contributed by atoms with E-state index in [-0.39, 0.29) is 28.4 Å². The van der Waals surface area contributed by atoms with Gasteiger partial charge in [0.25, 0.3) is 0 Å². The number of hydrogen-bond acceptors (Lipinski definition) is 7. The number of nitrogens with one attached hydrogen (secondary N) is 1. The van der Waals surface area contributed by atoms with Gasteiger partial charge in [-0.1, -0.05) is 13.0 Å². The van der Waals surface area contributed by atoms with Crippen molar-refractivity contribution in [2.24, 2.45) is 0 Å². The lowest BCUT2D eigenvalue weighted by Gasteiger charge is -2.20. The molecule has 0 saturated carbocycles. The fourth-order valence-electron chi connectivity index (χ4n) is 4.03. The highest BCUT2D eigenvalue weighted by Crippen LogP contribution is 2.39. The molecule has 9 nitrogen and oxygen atoms in total. The van der Waals surface area contributed by atoms with Gasteiger partial charge in [0.05, 0.1) is 18.2 Å². The van der Waals surface area contributed by atoms with Crippen LogP contribution < -0.4 is 10.7 Å². The molecule has 0 fully saturated rings. The summed E-state index contributed by atoms with van der Waals surface area (Å²) in [5.74, 6) is -1.79. The Balaban J connectivity index is 1.98. The molecule has 3 aromatic heterocycles. The molecule has 4 aromatic rings. The molecule has 0 radical (unpaired) electrons. The van der Waals surface area contributed by atoms with Crippen LogP contribution in [0.5, 0.6) is 0 Å². The zero-order valence-corrected chi connectivity index (χ0v) is 20.9. The monoisotopic (exact) mass is 546 g/mol. The molecule has 0 saturated heterocycles. The van der Waals surface area contributed by atoms with E-state index < -0.39 is 40.8 Å². The predicted molar refractivity (Wildman–Crippen MR) is 135 cm³/mol. The number of anilines is 1. The smallest absolute Gasteiger partial charge is 0.434 e. The highest BCUT2D eigenvalue weighted by atomic mass is 32.1. The van der Waals surface area contributed by atoms with E-state index in [9.17, 15) is 37.8 Å². The first kappa shape index (κ1) is 26.9. The van der Waals surface area contributed by atoms with E-state index in [2.05, 4.69) is 15.3 Å². The molecule has 1 amide bonds. The normalized spacial score (nSPS) is 12.5. The maximum absolute atomic E-state index is 13.2. The largest absolute Gasteiger partial charge is 0.477 e. The van der Waals surface area contributed by atoms with Crippen LogP contribution in [0.15, 0.2) is 46.8 Å². The SMILES string of the molecule is CC[C@H](CO)n1cc(C(=O)O)c(=O)c2cc(-c3cnc(NC(C)=O)cc3-c3nc(C(F)(F)F)cs3)ccc21. The number of aromatic nitrogens is 3. The molecule has 0 aliphatic rings. The van der Waals surface area contributed by atoms with Crippen molar-refractivity contribution in [3.05, 3.63) is 63.5 Å². The van der Waals surface area contributed by atoms with Crippen molar-refractivity contribution in [1.29, 1.82) is 0 Å². The van der Waals surface area contributed by atoms with Crippen LogP contribution in [0.1, 0.15) is 42.4 Å². The number of benzene rings is 1. The number of rotatable bonds is 7. The summed E-state index contributed by atoms with van der Waals surface area (Å²) in [6.07, 6.45) is -1.68. The molecule has 0 spiro atoms. The second-order valence-corrected chi connectivity index (χ2v) is 9.25. The maximum Gasteiger partial charge on any atom is 0.434 e. The number of thiazole rings is 1. The summed E-state index contributed by atoms with van der Waals surface area (Å²) >= 11 is 0.748. The molecule has 0 aliphatic heterocycles. The van der Waals surface area contributed by atoms with Gasteiger partial charge in [-0.05, 0) is 30.2 Å². The summed E-state index contributed by atoms with van der Waals surface area (Å²) in [7, 11) is 0. The second-order valence-electron chi connectivity index (χ2n) is 8.39. The van der Waals surface area contributed by atoms with E-state index >= 15 is 0 Å². The molecule has 13 heteroatoms. The van der Waals surface area contributed by atoms with Gasteiger partial charge in [0.15, 0.2) is 5.69 Å². The van der Waals surface area contributed by atoms with E-state index in [1.165, 1.54) is 36.0 Å². The van der Waals surface area contributed by atoms with E-state index in [0.717, 1.165) is 16.7 Å². The molecule has 1 aromatic carbocycles. The Bertz CT molecular complexity index is 1610. The van der Waals surface area contributed by atoms with Crippen molar-refractivity contribution in [3.63, 3.8) is 0 Å². The van der Waals surface area contributed by atoms with Crippen LogP contribution in [0.4, 0.5) is 19.0 Å². The number of nitrogens with zero attached hydrogens (tertiary/aromatic N) is 3. The van der Waals surface area contributed by atoms with Gasteiger partial charge in [0.2, 0.25) is 11.3 Å². The van der Waals surface area contributed by atoms with Crippen LogP contribution in [-0.4, -0.2) is 43.2 Å². The van der Waals surface area contributed by atoms with Crippen molar-refractivity contribution in [1.82, 2.24) is 14.5 Å². The van der Waals surface area contributed by atoms with Gasteiger partial charge >= 0.3 is 12.1 Å². The third kappa shape index (κ3) is 5.15. The zero-order valence-electron chi connectivity index (χ0n) is 20.0. The van der Waals surface area contributed by atoms with Crippen molar-refractivity contribution < 1.29 is 33.0 Å². The van der Waals surface area contributed by atoms with Crippen molar-refractivity contribution in [3.8, 4) is 21.7 Å². The second kappa shape index (κ2) is 10.3. The minimum Gasteiger partial charge on any atom is -0.477 e. The first-order chi connectivity index (χ1) is 17.9. The third-order valence-corrected chi connectivity index (χ3v) is 6.76. The van der Waals surface area contributed by atoms with Crippen LogP contribution in [0.2, 0.25) is 0 Å². The fraction of sp³-hybridized carbons (Fsp3) is 0.240. The van der Waals surface area contributed by atoms with Crippen molar-refractivity contribution >= 4 is 39.9 Å². The van der Waals surface area contributed by atoms with Gasteiger partial charge in [-0.25, -0.2) is 14.8 Å². The van der Waals surface area contributed by atoms with Crippen LogP contribution >= 0.6 is 11.3 Å². The molecule has 3 N–H and O–H groups in total. The molecule has 4 rings (SSSR count). The summed E-state index contributed by atoms with van der Waals surface area (Å²) in [5.41, 5.74) is -1.05. The number of carbonyl (C=O) groups is 2. The number of hydrogen-bond donors (Lipinski definition) is 3. The molecule has 0 unspecified atom stereocenters. The average molecular weight is 547 g/mol. The van der Waals surface area contributed by atoms with Crippen molar-refractivity contribution in [2.45, 2.75) is 32.5 Å². The summed E-state index contributed by atoms with van der Waals surface area (Å²) < 4.78 is 41.3. The minimum atomic E-state index is -4.66. The maximum atomic E-state index is 13.2. The van der Waals surface area contributed by atoms with Gasteiger partial charge in [-0.3, -0.25) is 9.59 Å². The Kier molecular flexibility index (Phi) is 7.33. The number of halogens is 3. The quantitative estimate of drug-likeness (QED) is 0.303. The first-order valence-electron chi connectivity index (χ1n) is 11.3. The molecule has 1 atom stereocenters. The molecule has 0 bridgehead atoms. The fourth-order valence-corrected chi connectivity index (χ4v) is 4.89. The number of aliphatic hydroxyl groups excluding tert-OH is 1. The highest BCUT2D eigenvalue weighted by Gasteiger charge is 2.34. The number of aliphatic hydroxyl groups is 1. The number of fused-ring (bicyclic) bond motifs is 1. The number of carboxylic acids is 1. The van der Waals surface area contributed by atoms with E-state index in [1.807, 2.05) is 0 Å². The summed E-state index contributed by atoms with van der Waals surface area (Å²) in [5, 5.41) is 22.8. The molecule has 3 heterocycles. The Morgan fingerprint density at radius 2 is 1.95 bits per heavy atom. The number of alkyl halides is 3. The average Bonchev–Trinajstić information content (AvgIpc) is 3.36. The van der Waals surface area contributed by atoms with Gasteiger partial charge in [0, 0.05) is 41.2 Å². The number of carbonyl (C=O) groups excluding carboxylic acids is 1. The lowest BCUT2D eigenvalue weighted by Crippen LogP contribution is -2.22. The predicted octanol–water partition coefficient (Wildman–Crippen LogP) is 4.81. The van der Waals surface area contributed by atoms with Gasteiger partial charge in [-0.15, -0.1) is 11.3 Å². The first-order valence-corrected chi connectivity index (χ1v) is 12.2. The Labute approximate surface area is 217 Å². The standard InChI is InChI=1S/C25H21F3N4O5S/c1-3-14(10-33)32-9-18(24(36)37)22(35)16-6-13(4-5-19(16)32)17-8-29-21(30-12(2)34)7-15(17)23-31-20(11-38-23)25(26,27)28/h4-9,11,14,33H,3,10H2,1-2H3,(H,36,37)(H,29,30,34)/t14-/m1/s1. The minimum absolute atomic E-state index is 0.00412. The van der Waals surface area contributed by atoms with Crippen LogP contribution in [0.3, 0.4) is 0 Å². The Morgan fingerprint density at radius 3 is 2.53 bits per heavy atom. The molecular weight excluding hydrogens is 525 g/mol. The van der Waals surface area contributed by atoms with E-state index in [1.54, 1.807) is 19.1 Å². The zero-order chi connectivity index (χ0) is 27.8. The van der Waals surface area contributed by atoms with E-state index in [4.69, 9.17) is 0 Å². The van der Waals surface area contributed by atoms with Crippen LogP contribution in [0.25, 0.3) is 32.6 Å². The number of carboxylic acid groups (broad SMARTS) is 1. The summed E-state index contributed by atoms with van der Waals surface area (Å²) in [4.78, 5) is 44.3. The van der Waals surface area contributed by atoms with Crippen LogP contribution in [0, 0.1) is 0 Å². The number of aromatic carboxylic acids is 1. The Hall–Kier alpha value is -4.10.